The van der Waals surface area contributed by atoms with E-state index in [0.29, 0.717) is 22.1 Å². The third kappa shape index (κ3) is 5.22. The first-order chi connectivity index (χ1) is 11.8. The fourth-order valence-corrected chi connectivity index (χ4v) is 2.10. The van der Waals surface area contributed by atoms with E-state index in [-0.39, 0.29) is 11.9 Å². The van der Waals surface area contributed by atoms with Crippen molar-refractivity contribution in [2.45, 2.75) is 20.8 Å². The van der Waals surface area contributed by atoms with Crippen LogP contribution >= 0.6 is 11.6 Å². The summed E-state index contributed by atoms with van der Waals surface area (Å²) in [6.07, 6.45) is 0. The number of para-hydroxylation sites is 3. The second kappa shape index (κ2) is 8.03. The fourth-order valence-electron chi connectivity index (χ4n) is 1.92. The maximum absolute atomic E-state index is 12.4. The van der Waals surface area contributed by atoms with Crippen LogP contribution in [0.3, 0.4) is 0 Å². The second-order valence-electron chi connectivity index (χ2n) is 6.44. The zero-order valence-electron chi connectivity index (χ0n) is 14.8. The summed E-state index contributed by atoms with van der Waals surface area (Å²) in [6, 6.07) is 14.6. The molecule has 2 N–H and O–H groups in total. The van der Waals surface area contributed by atoms with Gasteiger partial charge in [0.1, 0.15) is 5.75 Å². The van der Waals surface area contributed by atoms with Crippen molar-refractivity contribution in [2.75, 3.05) is 12.4 Å². The van der Waals surface area contributed by atoms with E-state index in [9.17, 15) is 4.79 Å². The van der Waals surface area contributed by atoms with Crippen LogP contribution in [0.25, 0.3) is 0 Å². The van der Waals surface area contributed by atoms with E-state index in [1.54, 1.807) is 19.2 Å². The summed E-state index contributed by atoms with van der Waals surface area (Å²) in [6.45, 7) is 5.50. The number of methoxy groups -OCH3 is 1. The quantitative estimate of drug-likeness (QED) is 0.621. The molecular weight excluding hydrogens is 338 g/mol. The molecule has 5 nitrogen and oxygen atoms in total. The standard InChI is InChI=1S/C19H22ClN3O2/c1-19(2,3)17(24)23-18(21-14-10-6-5-9-13(14)20)22-15-11-7-8-12-16(15)25-4/h5-12H,1-4H3,(H2,21,22,23,24). The van der Waals surface area contributed by atoms with Gasteiger partial charge >= 0.3 is 0 Å². The molecule has 0 unspecified atom stereocenters. The Bertz CT molecular complexity index is 782. The highest BCUT2D eigenvalue weighted by Crippen LogP contribution is 2.26. The lowest BCUT2D eigenvalue weighted by Gasteiger charge is -2.20. The Morgan fingerprint density at radius 3 is 2.36 bits per heavy atom. The summed E-state index contributed by atoms with van der Waals surface area (Å²) < 4.78 is 5.34. The summed E-state index contributed by atoms with van der Waals surface area (Å²) >= 11 is 6.18. The van der Waals surface area contributed by atoms with Gasteiger partial charge in [-0.15, -0.1) is 0 Å². The Labute approximate surface area is 153 Å². The Morgan fingerprint density at radius 2 is 1.72 bits per heavy atom. The maximum Gasteiger partial charge on any atom is 0.232 e. The molecule has 0 aliphatic rings. The third-order valence-corrected chi connectivity index (χ3v) is 3.68. The molecule has 0 aliphatic heterocycles. The van der Waals surface area contributed by atoms with Gasteiger partial charge in [0.15, 0.2) is 0 Å². The van der Waals surface area contributed by atoms with Crippen molar-refractivity contribution in [2.24, 2.45) is 10.4 Å². The molecule has 25 heavy (non-hydrogen) atoms. The lowest BCUT2D eigenvalue weighted by atomic mass is 9.96. The van der Waals surface area contributed by atoms with E-state index < -0.39 is 5.41 Å². The van der Waals surface area contributed by atoms with Gasteiger partial charge < -0.3 is 10.1 Å². The van der Waals surface area contributed by atoms with E-state index in [0.717, 1.165) is 0 Å². The van der Waals surface area contributed by atoms with Gasteiger partial charge in [-0.25, -0.2) is 4.99 Å². The highest BCUT2D eigenvalue weighted by atomic mass is 35.5. The third-order valence-electron chi connectivity index (χ3n) is 3.36. The smallest absolute Gasteiger partial charge is 0.232 e. The average Bonchev–Trinajstić information content (AvgIpc) is 2.56. The van der Waals surface area contributed by atoms with Crippen molar-refractivity contribution in [3.63, 3.8) is 0 Å². The van der Waals surface area contributed by atoms with E-state index >= 15 is 0 Å². The van der Waals surface area contributed by atoms with Crippen LogP contribution in [-0.2, 0) is 4.79 Å². The van der Waals surface area contributed by atoms with Gasteiger partial charge in [0, 0.05) is 5.41 Å². The summed E-state index contributed by atoms with van der Waals surface area (Å²) in [7, 11) is 1.58. The monoisotopic (exact) mass is 359 g/mol. The number of ether oxygens (including phenoxy) is 1. The number of nitrogens with one attached hydrogen (secondary N) is 2. The number of hydrogen-bond donors (Lipinski definition) is 2. The average molecular weight is 360 g/mol. The normalized spacial score (nSPS) is 11.8. The van der Waals surface area contributed by atoms with Gasteiger partial charge in [0.2, 0.25) is 11.9 Å². The number of hydrogen-bond acceptors (Lipinski definition) is 3. The largest absolute Gasteiger partial charge is 0.495 e. The lowest BCUT2D eigenvalue weighted by molar-refractivity contribution is -0.126. The van der Waals surface area contributed by atoms with E-state index in [1.807, 2.05) is 57.2 Å². The molecule has 6 heteroatoms. The SMILES string of the molecule is COc1ccccc1NC(=Nc1ccccc1Cl)NC(=O)C(C)(C)C. The number of nitrogens with zero attached hydrogens (tertiary/aromatic N) is 1. The first-order valence-corrected chi connectivity index (χ1v) is 8.24. The molecule has 0 aliphatic carbocycles. The zero-order valence-corrected chi connectivity index (χ0v) is 15.5. The van der Waals surface area contributed by atoms with Gasteiger partial charge in [0.25, 0.3) is 0 Å². The van der Waals surface area contributed by atoms with Crippen molar-refractivity contribution in [3.8, 4) is 5.75 Å². The molecule has 0 bridgehead atoms. The molecule has 0 saturated carbocycles. The summed E-state index contributed by atoms with van der Waals surface area (Å²) in [5.74, 6) is 0.748. The van der Waals surface area contributed by atoms with E-state index in [4.69, 9.17) is 16.3 Å². The van der Waals surface area contributed by atoms with Gasteiger partial charge in [-0.1, -0.05) is 56.6 Å². The van der Waals surface area contributed by atoms with Gasteiger partial charge in [-0.3, -0.25) is 10.1 Å². The summed E-state index contributed by atoms with van der Waals surface area (Å²) in [5.41, 5.74) is 0.671. The number of rotatable bonds is 3. The number of carbonyl (C=O) groups excluding carboxylic acids is 1. The highest BCUT2D eigenvalue weighted by Gasteiger charge is 2.23. The topological polar surface area (TPSA) is 62.7 Å². The van der Waals surface area contributed by atoms with Crippen LogP contribution in [-0.4, -0.2) is 19.0 Å². The molecule has 0 atom stereocenters. The molecule has 2 aromatic rings. The number of aliphatic imine (C=N–C) groups is 1. The van der Waals surface area contributed by atoms with Crippen LogP contribution in [0.5, 0.6) is 5.75 Å². The van der Waals surface area contributed by atoms with Crippen molar-refractivity contribution in [1.82, 2.24) is 5.32 Å². The van der Waals surface area contributed by atoms with Crippen LogP contribution in [0.2, 0.25) is 5.02 Å². The van der Waals surface area contributed by atoms with Gasteiger partial charge in [0.05, 0.1) is 23.5 Å². The molecular formula is C19H22ClN3O2. The van der Waals surface area contributed by atoms with Crippen molar-refractivity contribution >= 4 is 34.8 Å². The fraction of sp³-hybridized carbons (Fsp3) is 0.263. The number of halogens is 1. The van der Waals surface area contributed by atoms with Crippen molar-refractivity contribution in [1.29, 1.82) is 0 Å². The molecule has 1 amide bonds. The van der Waals surface area contributed by atoms with Crippen molar-refractivity contribution in [3.05, 3.63) is 53.6 Å². The minimum absolute atomic E-state index is 0.166. The maximum atomic E-state index is 12.4. The lowest BCUT2D eigenvalue weighted by Crippen LogP contribution is -2.42. The van der Waals surface area contributed by atoms with E-state index in [2.05, 4.69) is 15.6 Å². The number of guanidine groups is 1. The van der Waals surface area contributed by atoms with Crippen LogP contribution in [0.4, 0.5) is 11.4 Å². The van der Waals surface area contributed by atoms with Crippen molar-refractivity contribution < 1.29 is 9.53 Å². The van der Waals surface area contributed by atoms with E-state index in [1.165, 1.54) is 0 Å². The number of amides is 1. The molecule has 0 saturated heterocycles. The second-order valence-corrected chi connectivity index (χ2v) is 6.85. The molecule has 0 fully saturated rings. The summed E-state index contributed by atoms with van der Waals surface area (Å²) in [4.78, 5) is 16.9. The predicted octanol–water partition coefficient (Wildman–Crippen LogP) is 4.61. The van der Waals surface area contributed by atoms with Crippen LogP contribution in [0.1, 0.15) is 20.8 Å². The Kier molecular flexibility index (Phi) is 6.04. The first kappa shape index (κ1) is 18.8. The Balaban J connectivity index is 2.38. The number of anilines is 1. The minimum Gasteiger partial charge on any atom is -0.495 e. The molecule has 0 heterocycles. The molecule has 0 radical (unpaired) electrons. The molecule has 132 valence electrons. The Hall–Kier alpha value is -2.53. The number of carbonyl (C=O) groups is 1. The predicted molar refractivity (Wildman–Crippen MR) is 103 cm³/mol. The molecule has 2 rings (SSSR count). The molecule has 0 spiro atoms. The first-order valence-electron chi connectivity index (χ1n) is 7.86. The highest BCUT2D eigenvalue weighted by molar-refractivity contribution is 6.33. The molecule has 0 aromatic heterocycles. The van der Waals surface area contributed by atoms with Gasteiger partial charge in [-0.2, -0.15) is 0 Å². The van der Waals surface area contributed by atoms with Crippen LogP contribution < -0.4 is 15.4 Å². The Morgan fingerprint density at radius 1 is 1.08 bits per heavy atom. The van der Waals surface area contributed by atoms with Gasteiger partial charge in [-0.05, 0) is 24.3 Å². The minimum atomic E-state index is -0.566. The van der Waals surface area contributed by atoms with Crippen LogP contribution in [0.15, 0.2) is 53.5 Å². The molecule has 2 aromatic carbocycles. The summed E-state index contributed by atoms with van der Waals surface area (Å²) in [5, 5.41) is 6.42. The number of benzene rings is 2. The van der Waals surface area contributed by atoms with Crippen LogP contribution in [0, 0.1) is 5.41 Å². The zero-order chi connectivity index (χ0) is 18.4.